The summed E-state index contributed by atoms with van der Waals surface area (Å²) in [6.45, 7) is 5.45. The lowest BCUT2D eigenvalue weighted by atomic mass is 10.0. The highest BCUT2D eigenvalue weighted by Gasteiger charge is 2.28. The molecule has 0 aliphatic heterocycles. The normalized spacial score (nSPS) is 10.7. The van der Waals surface area contributed by atoms with Gasteiger partial charge in [-0.05, 0) is 56.2 Å². The zero-order chi connectivity index (χ0) is 28.4. The summed E-state index contributed by atoms with van der Waals surface area (Å²) in [5, 5.41) is 18.9. The molecule has 3 rings (SSSR count). The van der Waals surface area contributed by atoms with Gasteiger partial charge in [0.1, 0.15) is 23.3 Å². The van der Waals surface area contributed by atoms with Crippen molar-refractivity contribution in [1.82, 2.24) is 0 Å². The van der Waals surface area contributed by atoms with Crippen LogP contribution < -0.4 is 4.74 Å². The SMILES string of the molecule is CCOC(=O)c1sc(CC(=O)/C(C#N)=C/c2ccc(OCc3ccccc3C#N)cc2)c(C(=O)OCC)c1C. The van der Waals surface area contributed by atoms with Crippen LogP contribution in [-0.4, -0.2) is 30.9 Å². The van der Waals surface area contributed by atoms with Gasteiger partial charge in [-0.1, -0.05) is 30.3 Å². The highest BCUT2D eigenvalue weighted by Crippen LogP contribution is 2.31. The van der Waals surface area contributed by atoms with Crippen molar-refractivity contribution in [2.45, 2.75) is 33.8 Å². The number of nitriles is 2. The zero-order valence-electron chi connectivity index (χ0n) is 21.8. The molecule has 198 valence electrons. The van der Waals surface area contributed by atoms with Gasteiger partial charge >= 0.3 is 11.9 Å². The molecule has 0 unspecified atom stereocenters. The van der Waals surface area contributed by atoms with Crippen molar-refractivity contribution in [3.63, 3.8) is 0 Å². The third kappa shape index (κ3) is 7.19. The first-order valence-electron chi connectivity index (χ1n) is 12.1. The fraction of sp³-hybridized carbons (Fsp3) is 0.233. The Bertz CT molecular complexity index is 1490. The quantitative estimate of drug-likeness (QED) is 0.175. The molecule has 0 aliphatic carbocycles. The van der Waals surface area contributed by atoms with E-state index >= 15 is 0 Å². The summed E-state index contributed by atoms with van der Waals surface area (Å²) in [6, 6.07) is 18.0. The topological polar surface area (TPSA) is 126 Å². The fourth-order valence-corrected chi connectivity index (χ4v) is 4.90. The minimum absolute atomic E-state index is 0.106. The number of hydrogen-bond donors (Lipinski definition) is 0. The summed E-state index contributed by atoms with van der Waals surface area (Å²) in [5.74, 6) is -1.17. The number of thiophene rings is 1. The second-order valence-electron chi connectivity index (χ2n) is 8.19. The average Bonchev–Trinajstić information content (AvgIpc) is 3.26. The van der Waals surface area contributed by atoms with E-state index in [1.807, 2.05) is 18.2 Å². The highest BCUT2D eigenvalue weighted by atomic mass is 32.1. The van der Waals surface area contributed by atoms with Crippen LogP contribution in [0.5, 0.6) is 5.75 Å². The maximum Gasteiger partial charge on any atom is 0.348 e. The van der Waals surface area contributed by atoms with Gasteiger partial charge in [-0.2, -0.15) is 10.5 Å². The van der Waals surface area contributed by atoms with E-state index < -0.39 is 17.7 Å². The summed E-state index contributed by atoms with van der Waals surface area (Å²) in [4.78, 5) is 38.6. The van der Waals surface area contributed by atoms with E-state index in [0.29, 0.717) is 27.3 Å². The van der Waals surface area contributed by atoms with Crippen LogP contribution in [0.1, 0.15) is 61.0 Å². The number of ketones is 1. The Morgan fingerprint density at radius 2 is 1.62 bits per heavy atom. The average molecular weight is 543 g/mol. The van der Waals surface area contributed by atoms with Crippen molar-refractivity contribution < 1.29 is 28.6 Å². The van der Waals surface area contributed by atoms with Crippen LogP contribution in [0.15, 0.2) is 54.1 Å². The smallest absolute Gasteiger partial charge is 0.348 e. The predicted molar refractivity (Wildman–Crippen MR) is 145 cm³/mol. The molecule has 0 fully saturated rings. The van der Waals surface area contributed by atoms with Crippen molar-refractivity contribution in [3.05, 3.63) is 91.7 Å². The van der Waals surface area contributed by atoms with Crippen LogP contribution in [0.3, 0.4) is 0 Å². The Balaban J connectivity index is 1.79. The van der Waals surface area contributed by atoms with E-state index in [2.05, 4.69) is 6.07 Å². The monoisotopic (exact) mass is 542 g/mol. The molecule has 0 bridgehead atoms. The first kappa shape index (κ1) is 28.8. The predicted octanol–water partition coefficient (Wildman–Crippen LogP) is 5.58. The lowest BCUT2D eigenvalue weighted by Gasteiger charge is -2.08. The van der Waals surface area contributed by atoms with Crippen molar-refractivity contribution in [1.29, 1.82) is 10.5 Å². The number of ether oxygens (including phenoxy) is 3. The van der Waals surface area contributed by atoms with Crippen LogP contribution in [-0.2, 0) is 27.3 Å². The van der Waals surface area contributed by atoms with E-state index in [1.165, 1.54) is 6.08 Å². The van der Waals surface area contributed by atoms with Crippen LogP contribution in [0.25, 0.3) is 6.08 Å². The molecule has 0 spiro atoms. The van der Waals surface area contributed by atoms with Crippen molar-refractivity contribution >= 4 is 35.1 Å². The molecule has 0 radical (unpaired) electrons. The number of carbonyl (C=O) groups is 3. The molecule has 1 aromatic heterocycles. The number of esters is 2. The summed E-state index contributed by atoms with van der Waals surface area (Å²) < 4.78 is 16.0. The second kappa shape index (κ2) is 13.7. The largest absolute Gasteiger partial charge is 0.489 e. The van der Waals surface area contributed by atoms with E-state index in [4.69, 9.17) is 14.2 Å². The standard InChI is InChI=1S/C30H26N2O6S/c1-4-36-29(34)27-19(3)28(30(35)37-5-2)39-26(27)15-25(33)23(17-32)14-20-10-12-24(13-11-20)38-18-22-9-7-6-8-21(22)16-31/h6-14H,4-5,15,18H2,1-3H3/b23-14+. The Kier molecular flexibility index (Phi) is 10.1. The Morgan fingerprint density at radius 1 is 0.949 bits per heavy atom. The van der Waals surface area contributed by atoms with E-state index in [9.17, 15) is 24.9 Å². The lowest BCUT2D eigenvalue weighted by Crippen LogP contribution is -2.12. The molecule has 0 N–H and O–H groups in total. The molecule has 9 heteroatoms. The Labute approximate surface area is 230 Å². The van der Waals surface area contributed by atoms with Gasteiger partial charge in [0.05, 0.1) is 36.0 Å². The molecule has 0 saturated carbocycles. The van der Waals surface area contributed by atoms with Gasteiger partial charge in [0, 0.05) is 16.9 Å². The van der Waals surface area contributed by atoms with Crippen molar-refractivity contribution in [3.8, 4) is 17.9 Å². The molecule has 1 heterocycles. The van der Waals surface area contributed by atoms with Gasteiger partial charge in [-0.25, -0.2) is 9.59 Å². The van der Waals surface area contributed by atoms with Gasteiger partial charge in [0.15, 0.2) is 5.78 Å². The maximum atomic E-state index is 13.1. The third-order valence-corrected chi connectivity index (χ3v) is 6.90. The van der Waals surface area contributed by atoms with Crippen molar-refractivity contribution in [2.24, 2.45) is 0 Å². The number of hydrogen-bond acceptors (Lipinski definition) is 9. The zero-order valence-corrected chi connectivity index (χ0v) is 22.6. The molecule has 0 saturated heterocycles. The molecule has 0 aliphatic rings. The van der Waals surface area contributed by atoms with Crippen LogP contribution in [0.2, 0.25) is 0 Å². The van der Waals surface area contributed by atoms with Gasteiger partial charge < -0.3 is 14.2 Å². The molecule has 0 atom stereocenters. The summed E-state index contributed by atoms with van der Waals surface area (Å²) >= 11 is 0.990. The number of carbonyl (C=O) groups excluding carboxylic acids is 3. The third-order valence-electron chi connectivity index (χ3n) is 5.63. The lowest BCUT2D eigenvalue weighted by molar-refractivity contribution is -0.114. The molecule has 39 heavy (non-hydrogen) atoms. The van der Waals surface area contributed by atoms with Gasteiger partial charge in [0.2, 0.25) is 0 Å². The van der Waals surface area contributed by atoms with Crippen molar-refractivity contribution in [2.75, 3.05) is 13.2 Å². The molecule has 2 aromatic carbocycles. The Morgan fingerprint density at radius 3 is 2.26 bits per heavy atom. The molecule has 0 amide bonds. The number of nitrogens with zero attached hydrogens (tertiary/aromatic N) is 2. The number of allylic oxidation sites excluding steroid dienone is 1. The highest BCUT2D eigenvalue weighted by molar-refractivity contribution is 7.14. The van der Waals surface area contributed by atoms with Gasteiger partial charge in [0.25, 0.3) is 0 Å². The second-order valence-corrected chi connectivity index (χ2v) is 9.30. The van der Waals surface area contributed by atoms with Crippen LogP contribution >= 0.6 is 11.3 Å². The summed E-state index contributed by atoms with van der Waals surface area (Å²) in [6.07, 6.45) is 1.20. The maximum absolute atomic E-state index is 13.1. The van der Waals surface area contributed by atoms with Gasteiger partial charge in [-0.15, -0.1) is 11.3 Å². The molecular formula is C30H26N2O6S. The van der Waals surface area contributed by atoms with Crippen LogP contribution in [0, 0.1) is 29.6 Å². The molecule has 3 aromatic rings. The fourth-order valence-electron chi connectivity index (χ4n) is 3.72. The van der Waals surface area contributed by atoms with Crippen LogP contribution in [0.4, 0.5) is 0 Å². The molecular weight excluding hydrogens is 516 g/mol. The number of rotatable bonds is 11. The minimum Gasteiger partial charge on any atom is -0.489 e. The van der Waals surface area contributed by atoms with Gasteiger partial charge in [-0.3, -0.25) is 4.79 Å². The first-order valence-corrected chi connectivity index (χ1v) is 13.0. The minimum atomic E-state index is -0.639. The molecule has 8 nitrogen and oxygen atoms in total. The van der Waals surface area contributed by atoms with E-state index in [1.54, 1.807) is 57.2 Å². The first-order chi connectivity index (χ1) is 18.8. The summed E-state index contributed by atoms with van der Waals surface area (Å²) in [5.41, 5.74) is 2.33. The van der Waals surface area contributed by atoms with E-state index in [-0.39, 0.29) is 42.3 Å². The number of benzene rings is 2. The van der Waals surface area contributed by atoms with E-state index in [0.717, 1.165) is 16.9 Å². The number of Topliss-reactive ketones (excluding diaryl/α,β-unsaturated/α-hetero) is 1. The summed E-state index contributed by atoms with van der Waals surface area (Å²) in [7, 11) is 0. The Hall–Kier alpha value is -4.73.